The lowest BCUT2D eigenvalue weighted by Crippen LogP contribution is -2.31. The molecular formula is C21H24N2O5S. The van der Waals surface area contributed by atoms with Gasteiger partial charge in [0.1, 0.15) is 0 Å². The summed E-state index contributed by atoms with van der Waals surface area (Å²) < 4.78 is 38.5. The van der Waals surface area contributed by atoms with E-state index in [9.17, 15) is 13.2 Å². The zero-order valence-electron chi connectivity index (χ0n) is 16.5. The average Bonchev–Trinajstić information content (AvgIpc) is 3.37. The van der Waals surface area contributed by atoms with Crippen LogP contribution in [0.3, 0.4) is 0 Å². The second kappa shape index (κ2) is 7.68. The molecule has 2 aliphatic rings. The first-order valence-corrected chi connectivity index (χ1v) is 11.2. The second-order valence-electron chi connectivity index (χ2n) is 7.38. The maximum Gasteiger partial charge on any atom is 0.254 e. The number of fused-ring (bicyclic) bond motifs is 1. The van der Waals surface area contributed by atoms with Crippen LogP contribution in [0.15, 0.2) is 41.3 Å². The van der Waals surface area contributed by atoms with Crippen molar-refractivity contribution in [2.24, 2.45) is 0 Å². The minimum absolute atomic E-state index is 0.0126. The van der Waals surface area contributed by atoms with Crippen molar-refractivity contribution in [3.8, 4) is 11.5 Å². The van der Waals surface area contributed by atoms with Crippen molar-refractivity contribution in [2.45, 2.75) is 44.2 Å². The van der Waals surface area contributed by atoms with E-state index in [2.05, 4.69) is 4.72 Å². The Hall–Kier alpha value is -2.58. The molecule has 0 atom stereocenters. The zero-order valence-corrected chi connectivity index (χ0v) is 17.3. The summed E-state index contributed by atoms with van der Waals surface area (Å²) in [6, 6.07) is 10.3. The van der Waals surface area contributed by atoms with Gasteiger partial charge in [-0.15, -0.1) is 0 Å². The Morgan fingerprint density at radius 2 is 1.90 bits per heavy atom. The van der Waals surface area contributed by atoms with Crippen molar-refractivity contribution in [1.29, 1.82) is 0 Å². The van der Waals surface area contributed by atoms with E-state index < -0.39 is 10.0 Å². The van der Waals surface area contributed by atoms with Crippen molar-refractivity contribution < 1.29 is 22.7 Å². The van der Waals surface area contributed by atoms with Gasteiger partial charge < -0.3 is 14.4 Å². The van der Waals surface area contributed by atoms with Gasteiger partial charge in [-0.05, 0) is 62.1 Å². The normalized spacial score (nSPS) is 15.4. The highest BCUT2D eigenvalue weighted by Gasteiger charge is 2.29. The van der Waals surface area contributed by atoms with Gasteiger partial charge >= 0.3 is 0 Å². The number of nitrogens with one attached hydrogen (secondary N) is 1. The van der Waals surface area contributed by atoms with E-state index in [-0.39, 0.29) is 23.6 Å². The van der Waals surface area contributed by atoms with E-state index >= 15 is 0 Å². The molecule has 0 saturated heterocycles. The number of carbonyl (C=O) groups excluding carboxylic acids is 1. The van der Waals surface area contributed by atoms with Crippen molar-refractivity contribution in [1.82, 2.24) is 9.62 Å². The van der Waals surface area contributed by atoms with Gasteiger partial charge in [0.05, 0.1) is 4.90 Å². The van der Waals surface area contributed by atoms with Gasteiger partial charge in [-0.3, -0.25) is 4.79 Å². The van der Waals surface area contributed by atoms with Gasteiger partial charge in [0.25, 0.3) is 5.91 Å². The number of nitrogens with zero attached hydrogens (tertiary/aromatic N) is 1. The SMILES string of the molecule is CCN(Cc1ccc2c(c1)OCO2)C(=O)c1cc(S(=O)(=O)NC2CC2)ccc1C. The first-order valence-electron chi connectivity index (χ1n) is 9.68. The maximum atomic E-state index is 13.2. The maximum absolute atomic E-state index is 13.2. The highest BCUT2D eigenvalue weighted by atomic mass is 32.2. The van der Waals surface area contributed by atoms with Gasteiger partial charge in [-0.2, -0.15) is 0 Å². The monoisotopic (exact) mass is 416 g/mol. The predicted molar refractivity (Wildman–Crippen MR) is 108 cm³/mol. The van der Waals surface area contributed by atoms with Gasteiger partial charge in [0, 0.05) is 24.7 Å². The zero-order chi connectivity index (χ0) is 20.6. The van der Waals surface area contributed by atoms with E-state index in [0.29, 0.717) is 30.2 Å². The molecule has 7 nitrogen and oxygen atoms in total. The third kappa shape index (κ3) is 4.23. The molecular weight excluding hydrogens is 392 g/mol. The summed E-state index contributed by atoms with van der Waals surface area (Å²) in [6.07, 6.45) is 1.71. The van der Waals surface area contributed by atoms with Crippen molar-refractivity contribution >= 4 is 15.9 Å². The minimum atomic E-state index is -3.62. The Labute approximate surface area is 170 Å². The largest absolute Gasteiger partial charge is 0.454 e. The summed E-state index contributed by atoms with van der Waals surface area (Å²) in [6.45, 7) is 4.79. The van der Waals surface area contributed by atoms with Crippen LogP contribution < -0.4 is 14.2 Å². The lowest BCUT2D eigenvalue weighted by molar-refractivity contribution is 0.0751. The summed E-state index contributed by atoms with van der Waals surface area (Å²) in [7, 11) is -3.62. The molecule has 0 spiro atoms. The van der Waals surface area contributed by atoms with Crippen LogP contribution in [0.2, 0.25) is 0 Å². The van der Waals surface area contributed by atoms with Crippen LogP contribution in [0.5, 0.6) is 11.5 Å². The van der Waals surface area contributed by atoms with Crippen LogP contribution in [0.4, 0.5) is 0 Å². The number of sulfonamides is 1. The number of aryl methyl sites for hydroxylation is 1. The van der Waals surface area contributed by atoms with E-state index in [1.54, 1.807) is 17.0 Å². The highest BCUT2D eigenvalue weighted by Crippen LogP contribution is 2.33. The third-order valence-electron chi connectivity index (χ3n) is 5.13. The number of hydrogen-bond acceptors (Lipinski definition) is 5. The molecule has 0 unspecified atom stereocenters. The molecule has 0 aromatic heterocycles. The number of benzene rings is 2. The molecule has 1 aliphatic carbocycles. The average molecular weight is 416 g/mol. The number of ether oxygens (including phenoxy) is 2. The molecule has 8 heteroatoms. The fourth-order valence-electron chi connectivity index (χ4n) is 3.24. The summed E-state index contributed by atoms with van der Waals surface area (Å²) in [4.78, 5) is 15.0. The van der Waals surface area contributed by atoms with Gasteiger partial charge in [-0.25, -0.2) is 13.1 Å². The molecule has 4 rings (SSSR count). The standard InChI is InChI=1S/C21H24N2O5S/c1-3-23(12-15-5-9-19-20(10-15)28-13-27-19)21(24)18-11-17(8-4-14(18)2)29(25,26)22-16-6-7-16/h4-5,8-11,16,22H,3,6-7,12-13H2,1-2H3. The second-order valence-corrected chi connectivity index (χ2v) is 9.09. The van der Waals surface area contributed by atoms with Crippen LogP contribution in [0.25, 0.3) is 0 Å². The molecule has 1 heterocycles. The van der Waals surface area contributed by atoms with Crippen LogP contribution in [0.1, 0.15) is 41.3 Å². The fourth-order valence-corrected chi connectivity index (χ4v) is 4.58. The Morgan fingerprint density at radius 1 is 1.14 bits per heavy atom. The summed E-state index contributed by atoms with van der Waals surface area (Å²) in [5, 5.41) is 0. The van der Waals surface area contributed by atoms with Crippen molar-refractivity contribution in [3.05, 3.63) is 53.1 Å². The van der Waals surface area contributed by atoms with Crippen molar-refractivity contribution in [3.63, 3.8) is 0 Å². The molecule has 2 aromatic rings. The molecule has 1 N–H and O–H groups in total. The fraction of sp³-hybridized carbons (Fsp3) is 0.381. The predicted octanol–water partition coefficient (Wildman–Crippen LogP) is 2.83. The lowest BCUT2D eigenvalue weighted by Gasteiger charge is -2.22. The summed E-state index contributed by atoms with van der Waals surface area (Å²) in [5.74, 6) is 1.16. The molecule has 0 bridgehead atoms. The number of hydrogen-bond donors (Lipinski definition) is 1. The first-order chi connectivity index (χ1) is 13.9. The molecule has 154 valence electrons. The Kier molecular flexibility index (Phi) is 5.23. The Bertz CT molecular complexity index is 1050. The summed E-state index contributed by atoms with van der Waals surface area (Å²) in [5.41, 5.74) is 2.05. The molecule has 1 saturated carbocycles. The van der Waals surface area contributed by atoms with Gasteiger partial charge in [-0.1, -0.05) is 12.1 Å². The lowest BCUT2D eigenvalue weighted by atomic mass is 10.1. The Balaban J connectivity index is 1.57. The minimum Gasteiger partial charge on any atom is -0.454 e. The summed E-state index contributed by atoms with van der Waals surface area (Å²) >= 11 is 0. The number of amides is 1. The van der Waals surface area contributed by atoms with E-state index in [1.165, 1.54) is 6.07 Å². The first kappa shape index (κ1) is 19.7. The molecule has 1 amide bonds. The van der Waals surface area contributed by atoms with Crippen molar-refractivity contribution in [2.75, 3.05) is 13.3 Å². The van der Waals surface area contributed by atoms with E-state index in [0.717, 1.165) is 24.0 Å². The molecule has 1 fully saturated rings. The topological polar surface area (TPSA) is 84.9 Å². The number of carbonyl (C=O) groups is 1. The molecule has 2 aromatic carbocycles. The molecule has 0 radical (unpaired) electrons. The van der Waals surface area contributed by atoms with E-state index in [4.69, 9.17) is 9.47 Å². The van der Waals surface area contributed by atoms with Crippen LogP contribution in [-0.4, -0.2) is 38.6 Å². The highest BCUT2D eigenvalue weighted by molar-refractivity contribution is 7.89. The Morgan fingerprint density at radius 3 is 2.62 bits per heavy atom. The molecule has 1 aliphatic heterocycles. The third-order valence-corrected chi connectivity index (χ3v) is 6.65. The van der Waals surface area contributed by atoms with Gasteiger partial charge in [0.2, 0.25) is 16.8 Å². The number of rotatable bonds is 7. The van der Waals surface area contributed by atoms with Crippen LogP contribution in [0, 0.1) is 6.92 Å². The van der Waals surface area contributed by atoms with Crippen LogP contribution in [-0.2, 0) is 16.6 Å². The quantitative estimate of drug-likeness (QED) is 0.750. The van der Waals surface area contributed by atoms with E-state index in [1.807, 2.05) is 32.0 Å². The smallest absolute Gasteiger partial charge is 0.254 e. The van der Waals surface area contributed by atoms with Gasteiger partial charge in [0.15, 0.2) is 11.5 Å². The molecule has 29 heavy (non-hydrogen) atoms. The van der Waals surface area contributed by atoms with Crippen LogP contribution >= 0.6 is 0 Å².